The van der Waals surface area contributed by atoms with E-state index in [0.717, 1.165) is 18.2 Å². The van der Waals surface area contributed by atoms with E-state index >= 15 is 0 Å². The van der Waals surface area contributed by atoms with Gasteiger partial charge in [-0.1, -0.05) is 16.8 Å². The Bertz CT molecular complexity index is 795. The quantitative estimate of drug-likeness (QED) is 0.776. The smallest absolute Gasteiger partial charge is 0.173 e. The highest BCUT2D eigenvalue weighted by Crippen LogP contribution is 2.33. The van der Waals surface area contributed by atoms with Crippen molar-refractivity contribution in [1.29, 1.82) is 0 Å². The van der Waals surface area contributed by atoms with E-state index in [1.807, 2.05) is 0 Å². The first-order valence-electron chi connectivity index (χ1n) is 6.40. The van der Waals surface area contributed by atoms with Gasteiger partial charge in [0.1, 0.15) is 17.3 Å². The predicted octanol–water partition coefficient (Wildman–Crippen LogP) is 4.43. The maximum atomic E-state index is 13.3. The number of aliphatic hydroxyl groups is 1. The minimum atomic E-state index is -0.727. The highest BCUT2D eigenvalue weighted by atomic mass is 35.5. The van der Waals surface area contributed by atoms with Crippen LogP contribution in [-0.2, 0) is 6.61 Å². The first kappa shape index (κ1) is 14.7. The van der Waals surface area contributed by atoms with E-state index in [1.165, 1.54) is 0 Å². The minimum Gasteiger partial charge on any atom is -0.391 e. The van der Waals surface area contributed by atoms with E-state index in [0.29, 0.717) is 21.9 Å². The number of benzene rings is 2. The van der Waals surface area contributed by atoms with Gasteiger partial charge in [-0.15, -0.1) is 0 Å². The molecule has 0 fully saturated rings. The Balaban J connectivity index is 2.12. The van der Waals surface area contributed by atoms with Crippen molar-refractivity contribution >= 4 is 11.6 Å². The molecule has 2 aromatic carbocycles. The van der Waals surface area contributed by atoms with Gasteiger partial charge in [-0.25, -0.2) is 8.78 Å². The van der Waals surface area contributed by atoms with Crippen LogP contribution in [0.15, 0.2) is 47.0 Å². The zero-order valence-corrected chi connectivity index (χ0v) is 11.9. The molecular formula is C16H10ClF2NO2. The molecular weight excluding hydrogens is 312 g/mol. The third-order valence-corrected chi connectivity index (χ3v) is 3.44. The molecule has 0 unspecified atom stereocenters. The number of halogens is 3. The number of aromatic nitrogens is 1. The molecule has 6 heteroatoms. The third kappa shape index (κ3) is 2.73. The van der Waals surface area contributed by atoms with E-state index < -0.39 is 11.6 Å². The molecule has 3 nitrogen and oxygen atoms in total. The fourth-order valence-corrected chi connectivity index (χ4v) is 2.33. The summed E-state index contributed by atoms with van der Waals surface area (Å²) >= 11 is 5.83. The Morgan fingerprint density at radius 3 is 2.23 bits per heavy atom. The minimum absolute atomic E-state index is 0.200. The van der Waals surface area contributed by atoms with Crippen molar-refractivity contribution in [2.24, 2.45) is 0 Å². The SMILES string of the molecule is OCc1c(-c2cc(F)cc(F)c2)noc1-c1ccc(Cl)cc1. The molecule has 22 heavy (non-hydrogen) atoms. The molecule has 0 saturated heterocycles. The fraction of sp³-hybridized carbons (Fsp3) is 0.0625. The van der Waals surface area contributed by atoms with Crippen LogP contribution >= 0.6 is 11.6 Å². The Kier molecular flexibility index (Phi) is 3.92. The van der Waals surface area contributed by atoms with Gasteiger partial charge in [-0.2, -0.15) is 0 Å². The summed E-state index contributed by atoms with van der Waals surface area (Å²) in [5.41, 5.74) is 1.41. The van der Waals surface area contributed by atoms with Crippen molar-refractivity contribution in [3.05, 3.63) is 64.7 Å². The third-order valence-electron chi connectivity index (χ3n) is 3.19. The fourth-order valence-electron chi connectivity index (χ4n) is 2.20. The van der Waals surface area contributed by atoms with E-state index in [9.17, 15) is 13.9 Å². The summed E-state index contributed by atoms with van der Waals surface area (Å²) in [7, 11) is 0. The zero-order chi connectivity index (χ0) is 15.7. The molecule has 0 amide bonds. The van der Waals surface area contributed by atoms with E-state index in [4.69, 9.17) is 16.1 Å². The van der Waals surface area contributed by atoms with Crippen LogP contribution in [0.4, 0.5) is 8.78 Å². The molecule has 0 radical (unpaired) electrons. The van der Waals surface area contributed by atoms with Gasteiger partial charge in [-0.3, -0.25) is 0 Å². The van der Waals surface area contributed by atoms with Crippen LogP contribution in [0.1, 0.15) is 5.56 Å². The lowest BCUT2D eigenvalue weighted by atomic mass is 10.0. The topological polar surface area (TPSA) is 46.3 Å². The summed E-state index contributed by atoms with van der Waals surface area (Å²) in [6, 6.07) is 9.78. The molecule has 1 N–H and O–H groups in total. The molecule has 0 aliphatic heterocycles. The van der Waals surface area contributed by atoms with Crippen molar-refractivity contribution in [2.45, 2.75) is 6.61 Å². The van der Waals surface area contributed by atoms with Gasteiger partial charge in [0, 0.05) is 22.2 Å². The Morgan fingerprint density at radius 2 is 1.64 bits per heavy atom. The van der Waals surface area contributed by atoms with E-state index in [-0.39, 0.29) is 17.9 Å². The van der Waals surface area contributed by atoms with E-state index in [1.54, 1.807) is 24.3 Å². The maximum Gasteiger partial charge on any atom is 0.173 e. The predicted molar refractivity (Wildman–Crippen MR) is 78.2 cm³/mol. The number of hydrogen-bond donors (Lipinski definition) is 1. The van der Waals surface area contributed by atoms with Crippen LogP contribution in [0.5, 0.6) is 0 Å². The van der Waals surface area contributed by atoms with Gasteiger partial charge in [0.25, 0.3) is 0 Å². The molecule has 0 aliphatic carbocycles. The second kappa shape index (κ2) is 5.87. The number of aliphatic hydroxyl groups excluding tert-OH is 1. The molecule has 1 aromatic heterocycles. The lowest BCUT2D eigenvalue weighted by Crippen LogP contribution is -1.91. The first-order valence-corrected chi connectivity index (χ1v) is 6.78. The number of rotatable bonds is 3. The Morgan fingerprint density at radius 1 is 1.00 bits per heavy atom. The van der Waals surface area contributed by atoms with Crippen LogP contribution in [0.25, 0.3) is 22.6 Å². The summed E-state index contributed by atoms with van der Waals surface area (Å²) < 4.78 is 31.9. The lowest BCUT2D eigenvalue weighted by Gasteiger charge is -2.02. The second-order valence-corrected chi connectivity index (χ2v) is 5.10. The van der Waals surface area contributed by atoms with Crippen molar-refractivity contribution < 1.29 is 18.4 Å². The van der Waals surface area contributed by atoms with Crippen LogP contribution in [-0.4, -0.2) is 10.3 Å². The van der Waals surface area contributed by atoms with Crippen LogP contribution in [0, 0.1) is 11.6 Å². The largest absolute Gasteiger partial charge is 0.391 e. The standard InChI is InChI=1S/C16H10ClF2NO2/c17-11-3-1-9(2-4-11)16-14(8-21)15(20-22-16)10-5-12(18)7-13(19)6-10/h1-7,21H,8H2. The molecule has 3 aromatic rings. The van der Waals surface area contributed by atoms with Crippen molar-refractivity contribution in [2.75, 3.05) is 0 Å². The summed E-state index contributed by atoms with van der Waals surface area (Å²) in [5.74, 6) is -1.12. The average Bonchev–Trinajstić information content (AvgIpc) is 2.91. The van der Waals surface area contributed by atoms with E-state index in [2.05, 4.69) is 5.16 Å². The molecule has 0 aliphatic rings. The molecule has 0 atom stereocenters. The molecule has 0 bridgehead atoms. The van der Waals surface area contributed by atoms with Gasteiger partial charge in [0.15, 0.2) is 5.76 Å². The van der Waals surface area contributed by atoms with Gasteiger partial charge in [-0.05, 0) is 36.4 Å². The van der Waals surface area contributed by atoms with Crippen molar-refractivity contribution in [3.63, 3.8) is 0 Å². The van der Waals surface area contributed by atoms with Crippen LogP contribution < -0.4 is 0 Å². The summed E-state index contributed by atoms with van der Waals surface area (Å²) in [5, 5.41) is 14.0. The van der Waals surface area contributed by atoms with Gasteiger partial charge in [0.2, 0.25) is 0 Å². The Hall–Kier alpha value is -2.24. The Labute approximate surface area is 129 Å². The van der Waals surface area contributed by atoms with Gasteiger partial charge < -0.3 is 9.63 Å². The summed E-state index contributed by atoms with van der Waals surface area (Å²) in [6.07, 6.45) is 0. The molecule has 1 heterocycles. The van der Waals surface area contributed by atoms with Crippen molar-refractivity contribution in [1.82, 2.24) is 5.16 Å². The average molecular weight is 322 g/mol. The first-order chi connectivity index (χ1) is 10.6. The highest BCUT2D eigenvalue weighted by molar-refractivity contribution is 6.30. The van der Waals surface area contributed by atoms with Crippen molar-refractivity contribution in [3.8, 4) is 22.6 Å². The molecule has 0 spiro atoms. The van der Waals surface area contributed by atoms with Gasteiger partial charge >= 0.3 is 0 Å². The van der Waals surface area contributed by atoms with Gasteiger partial charge in [0.05, 0.1) is 12.2 Å². The number of nitrogens with zero attached hydrogens (tertiary/aromatic N) is 1. The summed E-state index contributed by atoms with van der Waals surface area (Å²) in [4.78, 5) is 0. The molecule has 0 saturated carbocycles. The maximum absolute atomic E-state index is 13.3. The molecule has 3 rings (SSSR count). The second-order valence-electron chi connectivity index (χ2n) is 4.66. The summed E-state index contributed by atoms with van der Waals surface area (Å²) in [6.45, 7) is -0.380. The molecule has 112 valence electrons. The lowest BCUT2D eigenvalue weighted by molar-refractivity contribution is 0.281. The normalized spacial score (nSPS) is 10.9. The van der Waals surface area contributed by atoms with Crippen LogP contribution in [0.3, 0.4) is 0 Å². The monoisotopic (exact) mass is 321 g/mol. The highest BCUT2D eigenvalue weighted by Gasteiger charge is 2.19. The zero-order valence-electron chi connectivity index (χ0n) is 11.2. The van der Waals surface area contributed by atoms with Crippen LogP contribution in [0.2, 0.25) is 5.02 Å². The number of hydrogen-bond acceptors (Lipinski definition) is 3.